The Morgan fingerprint density at radius 3 is 1.97 bits per heavy atom. The zero-order chi connectivity index (χ0) is 21.2. The van der Waals surface area contributed by atoms with Crippen LogP contribution in [0.3, 0.4) is 0 Å². The molecule has 4 rings (SSSR count). The van der Waals surface area contributed by atoms with Crippen molar-refractivity contribution in [3.63, 3.8) is 0 Å². The van der Waals surface area contributed by atoms with Gasteiger partial charge in [-0.1, -0.05) is 0 Å². The molecule has 10 nitrogen and oxygen atoms in total. The van der Waals surface area contributed by atoms with Crippen molar-refractivity contribution in [3.8, 4) is 11.5 Å². The van der Waals surface area contributed by atoms with E-state index in [1.165, 1.54) is 32.4 Å². The van der Waals surface area contributed by atoms with Gasteiger partial charge in [-0.2, -0.15) is 4.31 Å². The second kappa shape index (κ2) is 6.80. The van der Waals surface area contributed by atoms with Gasteiger partial charge in [-0.05, 0) is 12.1 Å². The van der Waals surface area contributed by atoms with Crippen molar-refractivity contribution in [3.05, 3.63) is 18.2 Å². The van der Waals surface area contributed by atoms with Crippen molar-refractivity contribution >= 4 is 29.7 Å². The van der Waals surface area contributed by atoms with Crippen LogP contribution < -0.4 is 14.8 Å². The first kappa shape index (κ1) is 20.8. The van der Waals surface area contributed by atoms with Crippen LogP contribution >= 0.6 is 0 Å². The van der Waals surface area contributed by atoms with E-state index in [0.717, 1.165) is 4.31 Å². The van der Waals surface area contributed by atoms with E-state index in [0.29, 0.717) is 5.75 Å². The van der Waals surface area contributed by atoms with Crippen LogP contribution in [0.4, 0.5) is 0 Å². The van der Waals surface area contributed by atoms with Gasteiger partial charge < -0.3 is 14.8 Å². The molecule has 3 fully saturated rings. The molecule has 162 valence electrons. The van der Waals surface area contributed by atoms with Gasteiger partial charge in [-0.25, -0.2) is 25.3 Å². The normalized spacial score (nSPS) is 33.0. The zero-order valence-corrected chi connectivity index (χ0v) is 18.3. The minimum Gasteiger partial charge on any atom is -0.497 e. The molecule has 3 aliphatic rings. The summed E-state index contributed by atoms with van der Waals surface area (Å²) in [6.45, 7) is 0. The zero-order valence-electron chi connectivity index (χ0n) is 15.8. The lowest BCUT2D eigenvalue weighted by Gasteiger charge is -2.43. The lowest BCUT2D eigenvalue weighted by atomic mass is 10.0. The van der Waals surface area contributed by atoms with Gasteiger partial charge in [-0.3, -0.25) is 0 Å². The molecule has 0 bridgehead atoms. The lowest BCUT2D eigenvalue weighted by molar-refractivity contribution is 0.160. The maximum Gasteiger partial charge on any atom is 0.247 e. The van der Waals surface area contributed by atoms with Crippen LogP contribution in [-0.4, -0.2) is 91.0 Å². The highest BCUT2D eigenvalue weighted by Gasteiger charge is 2.57. The number of benzene rings is 1. The predicted molar refractivity (Wildman–Crippen MR) is 104 cm³/mol. The third-order valence-electron chi connectivity index (χ3n) is 5.65. The number of sulfone groups is 2. The number of sulfonamides is 1. The first-order valence-electron chi connectivity index (χ1n) is 8.90. The summed E-state index contributed by atoms with van der Waals surface area (Å²) in [6, 6.07) is 1.12. The molecule has 0 spiro atoms. The molecular weight excluding hydrogens is 444 g/mol. The first-order chi connectivity index (χ1) is 13.5. The van der Waals surface area contributed by atoms with E-state index in [-0.39, 0.29) is 33.7 Å². The van der Waals surface area contributed by atoms with Gasteiger partial charge in [0.1, 0.15) is 16.4 Å². The highest BCUT2D eigenvalue weighted by Crippen LogP contribution is 2.39. The maximum absolute atomic E-state index is 13.7. The maximum atomic E-state index is 13.7. The number of nitrogens with zero attached hydrogens (tertiary/aromatic N) is 1. The van der Waals surface area contributed by atoms with Crippen molar-refractivity contribution in [2.45, 2.75) is 29.1 Å². The van der Waals surface area contributed by atoms with Crippen LogP contribution in [0.5, 0.6) is 11.5 Å². The van der Waals surface area contributed by atoms with Crippen molar-refractivity contribution in [2.75, 3.05) is 37.2 Å². The Hall–Kier alpha value is -1.41. The van der Waals surface area contributed by atoms with E-state index < -0.39 is 53.9 Å². The van der Waals surface area contributed by atoms with Gasteiger partial charge in [0.15, 0.2) is 19.7 Å². The Morgan fingerprint density at radius 2 is 1.48 bits per heavy atom. The fourth-order valence-electron chi connectivity index (χ4n) is 4.46. The average Bonchev–Trinajstić information content (AvgIpc) is 3.10. The van der Waals surface area contributed by atoms with E-state index in [1.807, 2.05) is 0 Å². The highest BCUT2D eigenvalue weighted by molar-refractivity contribution is 7.92. The Balaban J connectivity index is 1.85. The molecule has 0 saturated carbocycles. The molecule has 1 N–H and O–H groups in total. The highest BCUT2D eigenvalue weighted by atomic mass is 32.2. The van der Waals surface area contributed by atoms with Gasteiger partial charge in [0.25, 0.3) is 0 Å². The third-order valence-corrected chi connectivity index (χ3v) is 11.1. The van der Waals surface area contributed by atoms with Crippen molar-refractivity contribution in [2.24, 2.45) is 0 Å². The molecule has 3 saturated heterocycles. The number of hydrogen-bond donors (Lipinski definition) is 1. The second-order valence-corrected chi connectivity index (χ2v) is 13.6. The Morgan fingerprint density at radius 1 is 0.931 bits per heavy atom. The standard InChI is InChI=1S/C16H22N2O8S3/c1-25-10-3-4-16(15(5-10)26-2)29(23,24)18-13-8-27(19,20)6-11(13)17-12-7-28(21,22)9-14(12)18/h3-5,11-14,17H,6-9H2,1-2H3/t11-,12-,13-,14+/m0/s1. The Labute approximate surface area is 170 Å². The van der Waals surface area contributed by atoms with E-state index in [2.05, 4.69) is 5.32 Å². The van der Waals surface area contributed by atoms with Crippen molar-refractivity contribution < 1.29 is 34.7 Å². The van der Waals surface area contributed by atoms with Crippen molar-refractivity contribution in [1.82, 2.24) is 9.62 Å². The number of nitrogens with one attached hydrogen (secondary N) is 1. The van der Waals surface area contributed by atoms with Crippen LogP contribution in [0, 0.1) is 0 Å². The fraction of sp³-hybridized carbons (Fsp3) is 0.625. The fourth-order valence-corrected chi connectivity index (χ4v) is 10.5. The topological polar surface area (TPSA) is 136 Å². The summed E-state index contributed by atoms with van der Waals surface area (Å²) in [5.74, 6) is -0.738. The summed E-state index contributed by atoms with van der Waals surface area (Å²) in [4.78, 5) is -0.159. The summed E-state index contributed by atoms with van der Waals surface area (Å²) in [5.41, 5.74) is 0. The number of methoxy groups -OCH3 is 2. The summed E-state index contributed by atoms with van der Waals surface area (Å²) in [6.07, 6.45) is 0. The molecular formula is C16H22N2O8S3. The molecule has 3 heterocycles. The largest absolute Gasteiger partial charge is 0.497 e. The van der Waals surface area contributed by atoms with Gasteiger partial charge in [-0.15, -0.1) is 0 Å². The summed E-state index contributed by atoms with van der Waals surface area (Å²) in [5, 5.41) is 3.07. The molecule has 0 unspecified atom stereocenters. The molecule has 0 radical (unpaired) electrons. The van der Waals surface area contributed by atoms with E-state index in [1.54, 1.807) is 0 Å². The Kier molecular flexibility index (Phi) is 4.89. The van der Waals surface area contributed by atoms with Crippen LogP contribution in [0.15, 0.2) is 23.1 Å². The molecule has 3 aliphatic heterocycles. The predicted octanol–water partition coefficient (Wildman–Crippen LogP) is -1.37. The van der Waals surface area contributed by atoms with Crippen LogP contribution in [0.1, 0.15) is 0 Å². The third kappa shape index (κ3) is 3.52. The molecule has 1 aromatic carbocycles. The van der Waals surface area contributed by atoms with E-state index >= 15 is 0 Å². The van der Waals surface area contributed by atoms with Gasteiger partial charge in [0.05, 0.1) is 49.3 Å². The number of ether oxygens (including phenoxy) is 2. The minimum absolute atomic E-state index is 0.0395. The van der Waals surface area contributed by atoms with E-state index in [4.69, 9.17) is 9.47 Å². The average molecular weight is 467 g/mol. The number of piperazine rings is 1. The monoisotopic (exact) mass is 466 g/mol. The summed E-state index contributed by atoms with van der Waals surface area (Å²) in [7, 11) is -8.43. The smallest absolute Gasteiger partial charge is 0.247 e. The molecule has 29 heavy (non-hydrogen) atoms. The summed E-state index contributed by atoms with van der Waals surface area (Å²) >= 11 is 0. The molecule has 0 aliphatic carbocycles. The number of fused-ring (bicyclic) bond motifs is 2. The summed E-state index contributed by atoms with van der Waals surface area (Å²) < 4.78 is 87.7. The Bertz CT molecular complexity index is 1100. The van der Waals surface area contributed by atoms with E-state index in [9.17, 15) is 25.3 Å². The SMILES string of the molecule is COc1ccc(S(=O)(=O)N2[C@@H]3CS(=O)(=O)C[C@@H]3N[C@H]3CS(=O)(=O)C[C@@H]32)c(OC)c1. The lowest BCUT2D eigenvalue weighted by Crippen LogP contribution is -2.67. The minimum atomic E-state index is -4.25. The van der Waals surface area contributed by atoms with Crippen LogP contribution in [0.25, 0.3) is 0 Å². The molecule has 1 aromatic rings. The molecule has 0 amide bonds. The van der Waals surface area contributed by atoms with Crippen LogP contribution in [-0.2, 0) is 29.7 Å². The number of rotatable bonds is 4. The molecule has 4 atom stereocenters. The van der Waals surface area contributed by atoms with Crippen molar-refractivity contribution in [1.29, 1.82) is 0 Å². The second-order valence-electron chi connectivity index (χ2n) is 7.52. The van der Waals surface area contributed by atoms with Gasteiger partial charge in [0.2, 0.25) is 10.0 Å². The first-order valence-corrected chi connectivity index (χ1v) is 14.0. The quantitative estimate of drug-likeness (QED) is 0.570. The van der Waals surface area contributed by atoms with Gasteiger partial charge in [0, 0.05) is 18.2 Å². The number of hydrogen-bond acceptors (Lipinski definition) is 9. The molecule has 0 aromatic heterocycles. The van der Waals surface area contributed by atoms with Crippen LogP contribution in [0.2, 0.25) is 0 Å². The molecule has 13 heteroatoms. The van der Waals surface area contributed by atoms with Gasteiger partial charge >= 0.3 is 0 Å².